The van der Waals surface area contributed by atoms with Crippen LogP contribution in [0.25, 0.3) is 0 Å². The molecule has 0 amide bonds. The van der Waals surface area contributed by atoms with E-state index < -0.39 is 0 Å². The fourth-order valence-corrected chi connectivity index (χ4v) is 1.45. The number of morpholine rings is 1. The lowest BCUT2D eigenvalue weighted by atomic mass is 10.3. The second-order valence-electron chi connectivity index (χ2n) is 3.50. The fourth-order valence-electron chi connectivity index (χ4n) is 1.45. The maximum atomic E-state index is 11.7. The predicted octanol–water partition coefficient (Wildman–Crippen LogP) is 0.266. The molecule has 1 aliphatic rings. The number of likely N-dealkylation sites (N-methyl/N-ethyl adjacent to an activating group) is 1. The van der Waals surface area contributed by atoms with E-state index >= 15 is 0 Å². The zero-order chi connectivity index (χ0) is 9.52. The highest BCUT2D eigenvalue weighted by atomic mass is 19.1. The van der Waals surface area contributed by atoms with Gasteiger partial charge in [-0.25, -0.2) is 0 Å². The van der Waals surface area contributed by atoms with E-state index in [1.54, 1.807) is 0 Å². The Labute approximate surface area is 79.2 Å². The van der Waals surface area contributed by atoms with Crippen molar-refractivity contribution in [1.82, 2.24) is 10.2 Å². The topological polar surface area (TPSA) is 24.5 Å². The SMILES string of the molecule is CN1CCOC(CNCCCF)C1. The van der Waals surface area contributed by atoms with E-state index in [2.05, 4.69) is 17.3 Å². The number of halogens is 1. The van der Waals surface area contributed by atoms with Gasteiger partial charge in [-0.3, -0.25) is 4.39 Å². The summed E-state index contributed by atoms with van der Waals surface area (Å²) >= 11 is 0. The summed E-state index contributed by atoms with van der Waals surface area (Å²) in [6.45, 7) is 4.15. The molecule has 1 N–H and O–H groups in total. The summed E-state index contributed by atoms with van der Waals surface area (Å²) < 4.78 is 17.3. The van der Waals surface area contributed by atoms with Gasteiger partial charge in [0, 0.05) is 19.6 Å². The summed E-state index contributed by atoms with van der Waals surface area (Å²) in [6.07, 6.45) is 0.876. The first kappa shape index (κ1) is 10.9. The van der Waals surface area contributed by atoms with Gasteiger partial charge in [0.05, 0.1) is 19.4 Å². The Bertz CT molecular complexity index is 135. The van der Waals surface area contributed by atoms with Crippen LogP contribution in [0.4, 0.5) is 4.39 Å². The van der Waals surface area contributed by atoms with Gasteiger partial charge in [-0.2, -0.15) is 0 Å². The van der Waals surface area contributed by atoms with Crippen LogP contribution in [0.5, 0.6) is 0 Å². The summed E-state index contributed by atoms with van der Waals surface area (Å²) in [5.41, 5.74) is 0. The Kier molecular flexibility index (Phi) is 5.27. The molecule has 0 aliphatic carbocycles. The lowest BCUT2D eigenvalue weighted by molar-refractivity contribution is -0.0180. The number of hydrogen-bond donors (Lipinski definition) is 1. The molecule has 1 rings (SSSR count). The van der Waals surface area contributed by atoms with Crippen molar-refractivity contribution in [3.05, 3.63) is 0 Å². The predicted molar refractivity (Wildman–Crippen MR) is 50.7 cm³/mol. The first-order valence-corrected chi connectivity index (χ1v) is 4.89. The molecule has 0 aromatic rings. The normalized spacial score (nSPS) is 24.9. The number of hydrogen-bond acceptors (Lipinski definition) is 3. The smallest absolute Gasteiger partial charge is 0.0906 e. The molecule has 1 aliphatic heterocycles. The number of nitrogens with one attached hydrogen (secondary N) is 1. The van der Waals surface area contributed by atoms with Gasteiger partial charge < -0.3 is 15.0 Å². The van der Waals surface area contributed by atoms with Gasteiger partial charge in [-0.1, -0.05) is 0 Å². The molecule has 0 aromatic heterocycles. The lowest BCUT2D eigenvalue weighted by Crippen LogP contribution is -2.45. The summed E-state index contributed by atoms with van der Waals surface area (Å²) in [5, 5.41) is 3.18. The Balaban J connectivity index is 2.00. The summed E-state index contributed by atoms with van der Waals surface area (Å²) in [7, 11) is 2.09. The summed E-state index contributed by atoms with van der Waals surface area (Å²) in [4.78, 5) is 2.25. The van der Waals surface area contributed by atoms with Crippen LogP contribution in [0.2, 0.25) is 0 Å². The first-order valence-electron chi connectivity index (χ1n) is 4.89. The Morgan fingerprint density at radius 1 is 1.62 bits per heavy atom. The van der Waals surface area contributed by atoms with Crippen LogP contribution in [0.15, 0.2) is 0 Å². The fraction of sp³-hybridized carbons (Fsp3) is 1.00. The minimum Gasteiger partial charge on any atom is -0.374 e. The second-order valence-corrected chi connectivity index (χ2v) is 3.50. The van der Waals surface area contributed by atoms with E-state index in [1.807, 2.05) is 0 Å². The highest BCUT2D eigenvalue weighted by Gasteiger charge is 2.16. The molecule has 0 saturated carbocycles. The molecule has 13 heavy (non-hydrogen) atoms. The summed E-state index contributed by atoms with van der Waals surface area (Å²) in [5.74, 6) is 0. The highest BCUT2D eigenvalue weighted by Crippen LogP contribution is 2.01. The van der Waals surface area contributed by atoms with Crippen LogP contribution in [0.3, 0.4) is 0 Å². The maximum Gasteiger partial charge on any atom is 0.0906 e. The van der Waals surface area contributed by atoms with E-state index in [1.165, 1.54) is 0 Å². The largest absolute Gasteiger partial charge is 0.374 e. The molecule has 4 heteroatoms. The molecule has 1 unspecified atom stereocenters. The second kappa shape index (κ2) is 6.29. The van der Waals surface area contributed by atoms with Gasteiger partial charge in [0.25, 0.3) is 0 Å². The van der Waals surface area contributed by atoms with Crippen LogP contribution >= 0.6 is 0 Å². The van der Waals surface area contributed by atoms with Crippen LogP contribution in [-0.2, 0) is 4.74 Å². The third-order valence-electron chi connectivity index (χ3n) is 2.20. The van der Waals surface area contributed by atoms with Crippen molar-refractivity contribution in [3.8, 4) is 0 Å². The molecule has 0 spiro atoms. The number of ether oxygens (including phenoxy) is 1. The molecule has 1 saturated heterocycles. The van der Waals surface area contributed by atoms with Gasteiger partial charge in [0.15, 0.2) is 0 Å². The van der Waals surface area contributed by atoms with E-state index in [0.717, 1.165) is 32.8 Å². The zero-order valence-corrected chi connectivity index (χ0v) is 8.26. The van der Waals surface area contributed by atoms with Crippen molar-refractivity contribution >= 4 is 0 Å². The number of nitrogens with zero attached hydrogens (tertiary/aromatic N) is 1. The summed E-state index contributed by atoms with van der Waals surface area (Å²) in [6, 6.07) is 0. The van der Waals surface area contributed by atoms with Crippen molar-refractivity contribution in [3.63, 3.8) is 0 Å². The standard InChI is InChI=1S/C9H19FN2O/c1-12-5-6-13-9(8-12)7-11-4-2-3-10/h9,11H,2-8H2,1H3. The van der Waals surface area contributed by atoms with Crippen LogP contribution in [0, 0.1) is 0 Å². The van der Waals surface area contributed by atoms with Crippen LogP contribution in [0.1, 0.15) is 6.42 Å². The number of alkyl halides is 1. The van der Waals surface area contributed by atoms with E-state index in [4.69, 9.17) is 4.74 Å². The van der Waals surface area contributed by atoms with Crippen molar-refractivity contribution in [2.24, 2.45) is 0 Å². The van der Waals surface area contributed by atoms with Crippen molar-refractivity contribution in [2.75, 3.05) is 46.5 Å². The zero-order valence-electron chi connectivity index (χ0n) is 8.26. The van der Waals surface area contributed by atoms with Gasteiger partial charge in [0.2, 0.25) is 0 Å². The minimum absolute atomic E-state index is 0.238. The molecular weight excluding hydrogens is 171 g/mol. The van der Waals surface area contributed by atoms with Crippen LogP contribution in [-0.4, -0.2) is 57.5 Å². The maximum absolute atomic E-state index is 11.7. The molecule has 0 bridgehead atoms. The van der Waals surface area contributed by atoms with E-state index in [9.17, 15) is 4.39 Å². The average Bonchev–Trinajstić information content (AvgIpc) is 2.13. The first-order chi connectivity index (χ1) is 6.33. The number of rotatable bonds is 5. The quantitative estimate of drug-likeness (QED) is 0.630. The Hall–Kier alpha value is -0.190. The Morgan fingerprint density at radius 3 is 3.15 bits per heavy atom. The van der Waals surface area contributed by atoms with Crippen LogP contribution < -0.4 is 5.32 Å². The molecule has 1 atom stereocenters. The Morgan fingerprint density at radius 2 is 2.46 bits per heavy atom. The average molecular weight is 190 g/mol. The van der Waals surface area contributed by atoms with Crippen molar-refractivity contribution < 1.29 is 9.13 Å². The van der Waals surface area contributed by atoms with E-state index in [-0.39, 0.29) is 12.8 Å². The lowest BCUT2D eigenvalue weighted by Gasteiger charge is -2.30. The minimum atomic E-state index is -0.238. The molecule has 1 heterocycles. The van der Waals surface area contributed by atoms with E-state index in [0.29, 0.717) is 6.42 Å². The molecule has 3 nitrogen and oxygen atoms in total. The van der Waals surface area contributed by atoms with Gasteiger partial charge >= 0.3 is 0 Å². The molecular formula is C9H19FN2O. The molecule has 0 aromatic carbocycles. The monoisotopic (exact) mass is 190 g/mol. The molecule has 1 fully saturated rings. The van der Waals surface area contributed by atoms with Gasteiger partial charge in [0.1, 0.15) is 0 Å². The van der Waals surface area contributed by atoms with Crippen molar-refractivity contribution in [2.45, 2.75) is 12.5 Å². The molecule has 0 radical (unpaired) electrons. The third-order valence-corrected chi connectivity index (χ3v) is 2.20. The highest BCUT2D eigenvalue weighted by molar-refractivity contribution is 4.70. The van der Waals surface area contributed by atoms with Gasteiger partial charge in [-0.15, -0.1) is 0 Å². The van der Waals surface area contributed by atoms with Crippen molar-refractivity contribution in [1.29, 1.82) is 0 Å². The van der Waals surface area contributed by atoms with Gasteiger partial charge in [-0.05, 0) is 20.0 Å². The third kappa shape index (κ3) is 4.55. The molecule has 78 valence electrons.